The van der Waals surface area contributed by atoms with Crippen molar-refractivity contribution in [3.8, 4) is 0 Å². The van der Waals surface area contributed by atoms with Gasteiger partial charge < -0.3 is 24.8 Å². The van der Waals surface area contributed by atoms with Crippen LogP contribution in [-0.4, -0.2) is 54.1 Å². The summed E-state index contributed by atoms with van der Waals surface area (Å²) in [6.07, 6.45) is 1.50. The number of benzene rings is 1. The number of amides is 2. The second kappa shape index (κ2) is 7.18. The molecule has 0 radical (unpaired) electrons. The number of carbonyl (C=O) groups excluding carboxylic acids is 3. The standard InChI is InChI=1S/C21H24N2O6/c1-12-14-10-23(18(24)9-13(14)15(11-29-12)19(25)28-2)8-7-21(27)16-5-3-4-6-17(16)22-20(21)26/h3-6,11-14,27H,7-10H2,1-2H3,(H,22,26)/t12-,13+,14-,21-/m1/s1. The number of hydrogen-bond donors (Lipinski definition) is 2. The number of carbonyl (C=O) groups is 3. The largest absolute Gasteiger partial charge is 0.497 e. The van der Waals surface area contributed by atoms with E-state index in [4.69, 9.17) is 9.47 Å². The number of anilines is 1. The summed E-state index contributed by atoms with van der Waals surface area (Å²) < 4.78 is 10.4. The molecule has 4 rings (SSSR count). The van der Waals surface area contributed by atoms with Crippen LogP contribution in [0.5, 0.6) is 0 Å². The molecule has 0 bridgehead atoms. The van der Waals surface area contributed by atoms with Crippen molar-refractivity contribution in [2.75, 3.05) is 25.5 Å². The molecule has 2 amide bonds. The molecule has 1 aromatic rings. The van der Waals surface area contributed by atoms with Crippen LogP contribution in [0.25, 0.3) is 0 Å². The second-order valence-electron chi connectivity index (χ2n) is 7.83. The van der Waals surface area contributed by atoms with Gasteiger partial charge in [-0.05, 0) is 13.0 Å². The van der Waals surface area contributed by atoms with Gasteiger partial charge in [-0.25, -0.2) is 4.79 Å². The van der Waals surface area contributed by atoms with Gasteiger partial charge in [0.1, 0.15) is 6.10 Å². The third-order valence-corrected chi connectivity index (χ3v) is 6.27. The van der Waals surface area contributed by atoms with Gasteiger partial charge in [0.05, 0.1) is 18.9 Å². The summed E-state index contributed by atoms with van der Waals surface area (Å²) >= 11 is 0. The van der Waals surface area contributed by atoms with Crippen molar-refractivity contribution in [1.82, 2.24) is 4.90 Å². The van der Waals surface area contributed by atoms with E-state index in [2.05, 4.69) is 5.32 Å². The highest BCUT2D eigenvalue weighted by Crippen LogP contribution is 2.40. The number of likely N-dealkylation sites (tertiary alicyclic amines) is 1. The SMILES string of the molecule is COC(=O)C1=CO[C@H](C)[C@H]2CN(CC[C@]3(O)C(=O)Nc4ccccc43)C(=O)C[C@H]12. The minimum atomic E-state index is -1.67. The fraction of sp³-hybridized carbons (Fsp3) is 0.476. The summed E-state index contributed by atoms with van der Waals surface area (Å²) in [5.74, 6) is -1.40. The smallest absolute Gasteiger partial charge is 0.337 e. The fourth-order valence-corrected chi connectivity index (χ4v) is 4.52. The summed E-state index contributed by atoms with van der Waals surface area (Å²) in [5, 5.41) is 13.7. The van der Waals surface area contributed by atoms with Crippen molar-refractivity contribution in [2.45, 2.75) is 31.5 Å². The molecule has 1 saturated heterocycles. The average Bonchev–Trinajstić information content (AvgIpc) is 2.97. The molecule has 8 heteroatoms. The molecule has 3 heterocycles. The number of para-hydroxylation sites is 1. The van der Waals surface area contributed by atoms with E-state index in [0.717, 1.165) is 0 Å². The molecule has 0 saturated carbocycles. The van der Waals surface area contributed by atoms with Gasteiger partial charge in [0, 0.05) is 49.0 Å². The Bertz CT molecular complexity index is 897. The topological polar surface area (TPSA) is 105 Å². The molecule has 0 unspecified atom stereocenters. The van der Waals surface area contributed by atoms with E-state index in [0.29, 0.717) is 23.4 Å². The number of methoxy groups -OCH3 is 1. The predicted molar refractivity (Wildman–Crippen MR) is 102 cm³/mol. The Morgan fingerprint density at radius 2 is 2.14 bits per heavy atom. The van der Waals surface area contributed by atoms with Crippen molar-refractivity contribution in [1.29, 1.82) is 0 Å². The van der Waals surface area contributed by atoms with E-state index in [1.165, 1.54) is 13.4 Å². The minimum Gasteiger partial charge on any atom is -0.497 e. The zero-order valence-corrected chi connectivity index (χ0v) is 16.4. The van der Waals surface area contributed by atoms with E-state index in [1.807, 2.05) is 6.92 Å². The van der Waals surface area contributed by atoms with Gasteiger partial charge in [0.25, 0.3) is 5.91 Å². The molecule has 154 valence electrons. The number of piperidine rings is 1. The number of rotatable bonds is 4. The molecular formula is C21H24N2O6. The normalized spacial score (nSPS) is 30.7. The molecule has 3 aliphatic rings. The summed E-state index contributed by atoms with van der Waals surface area (Å²) in [5.41, 5.74) is -0.171. The number of hydrogen-bond acceptors (Lipinski definition) is 6. The first-order valence-electron chi connectivity index (χ1n) is 9.70. The molecule has 1 aromatic carbocycles. The summed E-state index contributed by atoms with van der Waals surface area (Å²) in [6.45, 7) is 2.52. The van der Waals surface area contributed by atoms with Gasteiger partial charge in [-0.1, -0.05) is 18.2 Å². The summed E-state index contributed by atoms with van der Waals surface area (Å²) in [4.78, 5) is 38.9. The van der Waals surface area contributed by atoms with Crippen LogP contribution in [0.15, 0.2) is 36.1 Å². The van der Waals surface area contributed by atoms with Crippen LogP contribution in [0.2, 0.25) is 0 Å². The highest BCUT2D eigenvalue weighted by atomic mass is 16.5. The zero-order valence-electron chi connectivity index (χ0n) is 16.4. The van der Waals surface area contributed by atoms with Gasteiger partial charge in [-0.2, -0.15) is 0 Å². The van der Waals surface area contributed by atoms with Gasteiger partial charge in [-0.15, -0.1) is 0 Å². The maximum atomic E-state index is 12.8. The Hall–Kier alpha value is -2.87. The number of ether oxygens (including phenoxy) is 2. The van der Waals surface area contributed by atoms with Crippen LogP contribution in [0.3, 0.4) is 0 Å². The highest BCUT2D eigenvalue weighted by Gasteiger charge is 2.47. The minimum absolute atomic E-state index is 0.0638. The monoisotopic (exact) mass is 400 g/mol. The van der Waals surface area contributed by atoms with E-state index in [9.17, 15) is 19.5 Å². The maximum absolute atomic E-state index is 12.8. The summed E-state index contributed by atoms with van der Waals surface area (Å²) in [7, 11) is 1.30. The third kappa shape index (κ3) is 3.17. The Balaban J connectivity index is 1.49. The van der Waals surface area contributed by atoms with Crippen LogP contribution in [0.4, 0.5) is 5.69 Å². The Labute approximate surface area is 168 Å². The Kier molecular flexibility index (Phi) is 4.82. The first kappa shape index (κ1) is 19.4. The van der Waals surface area contributed by atoms with E-state index in [-0.39, 0.29) is 43.2 Å². The molecular weight excluding hydrogens is 376 g/mol. The van der Waals surface area contributed by atoms with Crippen LogP contribution >= 0.6 is 0 Å². The molecule has 1 fully saturated rings. The maximum Gasteiger partial charge on any atom is 0.337 e. The number of esters is 1. The highest BCUT2D eigenvalue weighted by molar-refractivity contribution is 6.04. The predicted octanol–water partition coefficient (Wildman–Crippen LogP) is 1.16. The third-order valence-electron chi connectivity index (χ3n) is 6.27. The molecule has 29 heavy (non-hydrogen) atoms. The molecule has 0 spiro atoms. The van der Waals surface area contributed by atoms with Crippen LogP contribution in [0, 0.1) is 11.8 Å². The Morgan fingerprint density at radius 3 is 2.90 bits per heavy atom. The molecule has 4 atom stereocenters. The van der Waals surface area contributed by atoms with Crippen molar-refractivity contribution in [2.24, 2.45) is 11.8 Å². The lowest BCUT2D eigenvalue weighted by Gasteiger charge is -2.43. The van der Waals surface area contributed by atoms with Gasteiger partial charge >= 0.3 is 5.97 Å². The van der Waals surface area contributed by atoms with Crippen LogP contribution < -0.4 is 5.32 Å². The van der Waals surface area contributed by atoms with Crippen molar-refractivity contribution < 1.29 is 29.0 Å². The quantitative estimate of drug-likeness (QED) is 0.735. The van der Waals surface area contributed by atoms with Gasteiger partial charge in [-0.3, -0.25) is 9.59 Å². The second-order valence-corrected chi connectivity index (χ2v) is 7.83. The molecule has 3 aliphatic heterocycles. The first-order valence-corrected chi connectivity index (χ1v) is 9.70. The number of aliphatic hydroxyl groups is 1. The van der Waals surface area contributed by atoms with Gasteiger partial charge in [0.2, 0.25) is 5.91 Å². The van der Waals surface area contributed by atoms with E-state index >= 15 is 0 Å². The van der Waals surface area contributed by atoms with E-state index in [1.54, 1.807) is 29.2 Å². The van der Waals surface area contributed by atoms with Crippen LogP contribution in [-0.2, 0) is 29.5 Å². The lowest BCUT2D eigenvalue weighted by Crippen LogP contribution is -2.52. The van der Waals surface area contributed by atoms with Crippen molar-refractivity contribution >= 4 is 23.5 Å². The number of nitrogens with zero attached hydrogens (tertiary/aromatic N) is 1. The van der Waals surface area contributed by atoms with E-state index < -0.39 is 17.5 Å². The number of nitrogens with one attached hydrogen (secondary N) is 1. The summed E-state index contributed by atoms with van der Waals surface area (Å²) in [6, 6.07) is 7.01. The Morgan fingerprint density at radius 1 is 1.38 bits per heavy atom. The molecule has 0 aliphatic carbocycles. The molecule has 8 nitrogen and oxygen atoms in total. The lowest BCUT2D eigenvalue weighted by molar-refractivity contribution is -0.146. The fourth-order valence-electron chi connectivity index (χ4n) is 4.52. The van der Waals surface area contributed by atoms with Crippen LogP contribution in [0.1, 0.15) is 25.3 Å². The molecule has 0 aromatic heterocycles. The average molecular weight is 400 g/mol. The van der Waals surface area contributed by atoms with Crippen molar-refractivity contribution in [3.05, 3.63) is 41.7 Å². The molecule has 2 N–H and O–H groups in total. The van der Waals surface area contributed by atoms with Gasteiger partial charge in [0.15, 0.2) is 5.60 Å². The van der Waals surface area contributed by atoms with Crippen molar-refractivity contribution in [3.63, 3.8) is 0 Å². The number of fused-ring (bicyclic) bond motifs is 2. The zero-order chi connectivity index (χ0) is 20.8. The lowest BCUT2D eigenvalue weighted by atomic mass is 9.76. The first-order chi connectivity index (χ1) is 13.8.